The Balaban J connectivity index is 0.000000177. The van der Waals surface area contributed by atoms with E-state index in [1.807, 2.05) is 0 Å². The Morgan fingerprint density at radius 1 is 1.12 bits per heavy atom. The lowest BCUT2D eigenvalue weighted by molar-refractivity contribution is -0.147. The number of aliphatic carboxylic acids is 2. The monoisotopic (exact) mass is 336 g/mol. The molecule has 0 heterocycles. The summed E-state index contributed by atoms with van der Waals surface area (Å²) >= 11 is 0. The van der Waals surface area contributed by atoms with E-state index in [1.165, 1.54) is 6.08 Å². The number of carbonyl (C=O) groups excluding carboxylic acids is 1. The van der Waals surface area contributed by atoms with Crippen molar-refractivity contribution in [1.82, 2.24) is 0 Å². The van der Waals surface area contributed by atoms with Gasteiger partial charge in [0.15, 0.2) is 0 Å². The average molecular weight is 336 g/mol. The van der Waals surface area contributed by atoms with E-state index in [2.05, 4.69) is 20.4 Å². The van der Waals surface area contributed by atoms with Gasteiger partial charge in [0.1, 0.15) is 5.60 Å². The van der Waals surface area contributed by atoms with Gasteiger partial charge in [0.2, 0.25) is 0 Å². The maximum Gasteiger partial charge on any atom is 0.332 e. The van der Waals surface area contributed by atoms with Crippen LogP contribution in [0.1, 0.15) is 46.0 Å². The molecular weight excluding hydrogens is 312 g/mol. The molecule has 0 saturated heterocycles. The summed E-state index contributed by atoms with van der Waals surface area (Å²) in [7, 11) is 0. The molecule has 0 aromatic rings. The highest BCUT2D eigenvalue weighted by Crippen LogP contribution is 2.48. The summed E-state index contributed by atoms with van der Waals surface area (Å²) in [6.45, 7) is 7.50. The molecule has 0 aromatic carbocycles. The Hall–Kier alpha value is -2.11. The van der Waals surface area contributed by atoms with Gasteiger partial charge in [-0.15, -0.1) is 0 Å². The van der Waals surface area contributed by atoms with E-state index in [9.17, 15) is 14.4 Å². The molecule has 2 saturated carbocycles. The Morgan fingerprint density at radius 2 is 1.58 bits per heavy atom. The molecule has 132 valence electrons. The zero-order valence-corrected chi connectivity index (χ0v) is 14.1. The molecule has 6 heteroatoms. The molecular formula is C18H24O6. The fourth-order valence-corrected chi connectivity index (χ4v) is 3.69. The lowest BCUT2D eigenvalue weighted by Gasteiger charge is -2.18. The van der Waals surface area contributed by atoms with Crippen molar-refractivity contribution in [3.8, 4) is 0 Å². The normalized spacial score (nSPS) is 25.8. The van der Waals surface area contributed by atoms with Crippen LogP contribution in [0.15, 0.2) is 23.8 Å². The summed E-state index contributed by atoms with van der Waals surface area (Å²) in [6.07, 6.45) is 5.63. The van der Waals surface area contributed by atoms with Crippen LogP contribution < -0.4 is 0 Å². The molecule has 6 nitrogen and oxygen atoms in total. The number of carboxylic acid groups (broad SMARTS) is 2. The van der Waals surface area contributed by atoms with Crippen LogP contribution in [0.3, 0.4) is 0 Å². The zero-order valence-electron chi connectivity index (χ0n) is 14.1. The lowest BCUT2D eigenvalue weighted by Crippen LogP contribution is -2.24. The smallest absolute Gasteiger partial charge is 0.332 e. The third-order valence-electron chi connectivity index (χ3n) is 5.27. The van der Waals surface area contributed by atoms with Crippen LogP contribution in [-0.4, -0.2) is 33.7 Å². The molecule has 24 heavy (non-hydrogen) atoms. The fraction of sp³-hybridized carbons (Fsp3) is 0.611. The van der Waals surface area contributed by atoms with Crippen LogP contribution >= 0.6 is 0 Å². The minimum absolute atomic E-state index is 0.00593. The zero-order chi connectivity index (χ0) is 18.1. The number of esters is 1. The molecule has 2 unspecified atom stereocenters. The van der Waals surface area contributed by atoms with Gasteiger partial charge in [-0.2, -0.15) is 0 Å². The Kier molecular flexibility index (Phi) is 5.16. The molecule has 3 rings (SSSR count). The van der Waals surface area contributed by atoms with Crippen LogP contribution in [0.25, 0.3) is 0 Å². The maximum atomic E-state index is 10.8. The second-order valence-electron chi connectivity index (χ2n) is 6.99. The third-order valence-corrected chi connectivity index (χ3v) is 5.27. The Morgan fingerprint density at radius 3 is 1.88 bits per heavy atom. The fourth-order valence-electron chi connectivity index (χ4n) is 3.69. The van der Waals surface area contributed by atoms with Gasteiger partial charge in [0.05, 0.1) is 11.1 Å². The van der Waals surface area contributed by atoms with Crippen molar-refractivity contribution in [2.75, 3.05) is 0 Å². The quantitative estimate of drug-likeness (QED) is 0.591. The molecule has 2 N–H and O–H groups in total. The predicted octanol–water partition coefficient (Wildman–Crippen LogP) is 2.79. The van der Waals surface area contributed by atoms with Crippen LogP contribution in [-0.2, 0) is 19.1 Å². The summed E-state index contributed by atoms with van der Waals surface area (Å²) in [5.41, 5.74) is 0.165. The van der Waals surface area contributed by atoms with Crippen LogP contribution in [0.2, 0.25) is 0 Å². The number of rotatable bonds is 5. The van der Waals surface area contributed by atoms with Crippen molar-refractivity contribution in [2.24, 2.45) is 17.8 Å². The summed E-state index contributed by atoms with van der Waals surface area (Å²) in [5, 5.41) is 17.7. The minimum Gasteiger partial charge on any atom is -0.478 e. The molecule has 2 bridgehead atoms. The van der Waals surface area contributed by atoms with Crippen molar-refractivity contribution < 1.29 is 29.3 Å². The van der Waals surface area contributed by atoms with Crippen LogP contribution in [0.5, 0.6) is 0 Å². The second-order valence-corrected chi connectivity index (χ2v) is 6.99. The van der Waals surface area contributed by atoms with Crippen molar-refractivity contribution in [1.29, 1.82) is 0 Å². The lowest BCUT2D eigenvalue weighted by atomic mass is 9.92. The largest absolute Gasteiger partial charge is 0.478 e. The molecule has 0 spiro atoms. The van der Waals surface area contributed by atoms with E-state index in [0.29, 0.717) is 5.92 Å². The molecule has 3 aliphatic rings. The topological polar surface area (TPSA) is 101 Å². The first-order valence-electron chi connectivity index (χ1n) is 8.28. The van der Waals surface area contributed by atoms with Gasteiger partial charge in [-0.05, 0) is 49.9 Å². The van der Waals surface area contributed by atoms with E-state index in [0.717, 1.165) is 32.1 Å². The highest BCUT2D eigenvalue weighted by molar-refractivity contribution is 6.01. The number of hydrogen-bond acceptors (Lipinski definition) is 4. The van der Waals surface area contributed by atoms with E-state index in [4.69, 9.17) is 14.9 Å². The number of hydrogen-bond donors (Lipinski definition) is 2. The van der Waals surface area contributed by atoms with Crippen molar-refractivity contribution in [3.63, 3.8) is 0 Å². The van der Waals surface area contributed by atoms with Gasteiger partial charge in [0.25, 0.3) is 0 Å². The molecule has 0 aliphatic heterocycles. The third kappa shape index (κ3) is 3.52. The summed E-state index contributed by atoms with van der Waals surface area (Å²) in [6, 6.07) is 0. The van der Waals surface area contributed by atoms with Gasteiger partial charge < -0.3 is 14.9 Å². The summed E-state index contributed by atoms with van der Waals surface area (Å²) in [5.74, 6) is -1.99. The number of ether oxygens (including phenoxy) is 1. The number of carbonyl (C=O) groups is 3. The molecule has 0 aromatic heterocycles. The molecule has 0 amide bonds. The SMILES string of the molecule is C=CC(=O)OC1(C(C)C)CC1.O=C(O)C1=C(C(=O)O)C2CCC1C2. The van der Waals surface area contributed by atoms with Crippen molar-refractivity contribution in [3.05, 3.63) is 23.8 Å². The van der Waals surface area contributed by atoms with Gasteiger partial charge >= 0.3 is 17.9 Å². The van der Waals surface area contributed by atoms with Gasteiger partial charge in [0, 0.05) is 6.08 Å². The first-order chi connectivity index (χ1) is 11.2. The minimum atomic E-state index is -1.05. The number of carboxylic acids is 2. The maximum absolute atomic E-state index is 10.8. The highest BCUT2D eigenvalue weighted by Gasteiger charge is 2.49. The van der Waals surface area contributed by atoms with Crippen LogP contribution in [0.4, 0.5) is 0 Å². The molecule has 2 atom stereocenters. The predicted molar refractivity (Wildman–Crippen MR) is 86.2 cm³/mol. The molecule has 2 fully saturated rings. The van der Waals surface area contributed by atoms with Crippen molar-refractivity contribution in [2.45, 2.75) is 51.6 Å². The first-order valence-corrected chi connectivity index (χ1v) is 8.28. The van der Waals surface area contributed by atoms with E-state index < -0.39 is 11.9 Å². The van der Waals surface area contributed by atoms with E-state index in [1.54, 1.807) is 0 Å². The summed E-state index contributed by atoms with van der Waals surface area (Å²) in [4.78, 5) is 32.4. The molecule has 3 aliphatic carbocycles. The molecule has 0 radical (unpaired) electrons. The van der Waals surface area contributed by atoms with Gasteiger partial charge in [-0.25, -0.2) is 14.4 Å². The standard InChI is InChI=1S/C9H10O4.C9H14O2/c10-8(11)6-4-1-2-5(3-4)7(6)9(12)13;1-4-8(10)11-9(5-6-9)7(2)3/h4-5H,1-3H2,(H,10,11)(H,12,13);4,7H,1,5-6H2,2-3H3. The first kappa shape index (κ1) is 18.2. The average Bonchev–Trinajstić information content (AvgIpc) is 3.01. The van der Waals surface area contributed by atoms with Crippen molar-refractivity contribution >= 4 is 17.9 Å². The van der Waals surface area contributed by atoms with Gasteiger partial charge in [-0.1, -0.05) is 20.4 Å². The highest BCUT2D eigenvalue weighted by atomic mass is 16.6. The summed E-state index contributed by atoms with van der Waals surface area (Å²) < 4.78 is 5.20. The Bertz CT molecular complexity index is 567. The van der Waals surface area contributed by atoms with E-state index in [-0.39, 0.29) is 34.6 Å². The second kappa shape index (κ2) is 6.79. The van der Waals surface area contributed by atoms with Gasteiger partial charge in [-0.3, -0.25) is 0 Å². The Labute approximate surface area is 141 Å². The number of fused-ring (bicyclic) bond motifs is 2. The van der Waals surface area contributed by atoms with Crippen LogP contribution in [0, 0.1) is 17.8 Å². The van der Waals surface area contributed by atoms with E-state index >= 15 is 0 Å².